The summed E-state index contributed by atoms with van der Waals surface area (Å²) < 4.78 is 5.41. The number of para-hydroxylation sites is 1. The van der Waals surface area contributed by atoms with Gasteiger partial charge in [-0.3, -0.25) is 4.79 Å². The molecule has 0 fully saturated rings. The lowest BCUT2D eigenvalue weighted by Gasteiger charge is -2.09. The molecule has 3 heteroatoms. The third kappa shape index (κ3) is 3.42. The summed E-state index contributed by atoms with van der Waals surface area (Å²) in [5, 5.41) is 2.82. The number of nitrogens with one attached hydrogen (secondary N) is 1. The van der Waals surface area contributed by atoms with Gasteiger partial charge in [0.15, 0.2) is 0 Å². The first-order valence-electron chi connectivity index (χ1n) is 5.40. The van der Waals surface area contributed by atoms with Gasteiger partial charge >= 0.3 is 0 Å². The van der Waals surface area contributed by atoms with Gasteiger partial charge in [-0.1, -0.05) is 31.7 Å². The molecule has 0 heterocycles. The third-order valence-corrected chi connectivity index (χ3v) is 2.02. The minimum Gasteiger partial charge on any atom is -0.489 e. The van der Waals surface area contributed by atoms with Crippen LogP contribution in [0.4, 0.5) is 0 Å². The van der Waals surface area contributed by atoms with Crippen molar-refractivity contribution >= 4 is 5.91 Å². The van der Waals surface area contributed by atoms with Gasteiger partial charge in [0.1, 0.15) is 12.4 Å². The summed E-state index contributed by atoms with van der Waals surface area (Å²) in [5.41, 5.74) is 0.567. The summed E-state index contributed by atoms with van der Waals surface area (Å²) in [6.45, 7) is 6.66. The van der Waals surface area contributed by atoms with Crippen molar-refractivity contribution < 1.29 is 9.53 Å². The fraction of sp³-hybridized carbons (Fsp3) is 0.308. The molecule has 3 nitrogen and oxygen atoms in total. The zero-order chi connectivity index (χ0) is 11.8. The molecule has 0 aromatic heterocycles. The molecular weight excluding hydrogens is 202 g/mol. The number of benzene rings is 1. The molecule has 86 valence electrons. The smallest absolute Gasteiger partial charge is 0.255 e. The number of hydrogen-bond acceptors (Lipinski definition) is 2. The Labute approximate surface area is 96.1 Å². The molecule has 1 N–H and O–H groups in total. The lowest BCUT2D eigenvalue weighted by atomic mass is 10.2. The number of ether oxygens (including phenoxy) is 1. The van der Waals surface area contributed by atoms with Gasteiger partial charge in [-0.25, -0.2) is 0 Å². The van der Waals surface area contributed by atoms with Crippen LogP contribution in [0, 0.1) is 0 Å². The summed E-state index contributed by atoms with van der Waals surface area (Å²) in [4.78, 5) is 11.8. The van der Waals surface area contributed by atoms with Crippen LogP contribution in [-0.4, -0.2) is 19.1 Å². The highest BCUT2D eigenvalue weighted by molar-refractivity contribution is 5.96. The number of carbonyl (C=O) groups excluding carboxylic acids is 1. The first-order valence-corrected chi connectivity index (χ1v) is 5.40. The fourth-order valence-electron chi connectivity index (χ4n) is 1.26. The zero-order valence-electron chi connectivity index (χ0n) is 9.53. The molecule has 1 aromatic carbocycles. The minimum atomic E-state index is -0.0958. The van der Waals surface area contributed by atoms with Gasteiger partial charge in [-0.05, 0) is 18.6 Å². The zero-order valence-corrected chi connectivity index (χ0v) is 9.53. The topological polar surface area (TPSA) is 38.3 Å². The highest BCUT2D eigenvalue weighted by Crippen LogP contribution is 2.17. The largest absolute Gasteiger partial charge is 0.489 e. The molecule has 0 saturated heterocycles. The van der Waals surface area contributed by atoms with Gasteiger partial charge in [-0.2, -0.15) is 0 Å². The van der Waals surface area contributed by atoms with E-state index in [2.05, 4.69) is 11.9 Å². The molecule has 16 heavy (non-hydrogen) atoms. The summed E-state index contributed by atoms with van der Waals surface area (Å²) in [7, 11) is 0. The summed E-state index contributed by atoms with van der Waals surface area (Å²) in [6.07, 6.45) is 2.57. The second-order valence-corrected chi connectivity index (χ2v) is 3.35. The van der Waals surface area contributed by atoms with Gasteiger partial charge in [0, 0.05) is 6.54 Å². The SMILES string of the molecule is C=CCOc1ccccc1C(=O)NCCC. The number of carbonyl (C=O) groups is 1. The van der Waals surface area contributed by atoms with E-state index in [1.807, 2.05) is 19.1 Å². The maximum atomic E-state index is 11.8. The van der Waals surface area contributed by atoms with Crippen LogP contribution in [0.25, 0.3) is 0 Å². The molecule has 0 unspecified atom stereocenters. The monoisotopic (exact) mass is 219 g/mol. The Balaban J connectivity index is 2.76. The van der Waals surface area contributed by atoms with Crippen molar-refractivity contribution in [1.29, 1.82) is 0 Å². The van der Waals surface area contributed by atoms with Gasteiger partial charge in [0.05, 0.1) is 5.56 Å². The molecule has 0 spiro atoms. The highest BCUT2D eigenvalue weighted by Gasteiger charge is 2.10. The second-order valence-electron chi connectivity index (χ2n) is 3.35. The lowest BCUT2D eigenvalue weighted by molar-refractivity contribution is 0.0950. The van der Waals surface area contributed by atoms with Crippen molar-refractivity contribution in [1.82, 2.24) is 5.32 Å². The van der Waals surface area contributed by atoms with Crippen molar-refractivity contribution in [2.45, 2.75) is 13.3 Å². The number of amides is 1. The van der Waals surface area contributed by atoms with Crippen molar-refractivity contribution in [2.24, 2.45) is 0 Å². The maximum Gasteiger partial charge on any atom is 0.255 e. The van der Waals surface area contributed by atoms with Crippen molar-refractivity contribution in [2.75, 3.05) is 13.2 Å². The maximum absolute atomic E-state index is 11.8. The van der Waals surface area contributed by atoms with Crippen molar-refractivity contribution in [3.8, 4) is 5.75 Å². The van der Waals surface area contributed by atoms with Crippen LogP contribution in [0.1, 0.15) is 23.7 Å². The van der Waals surface area contributed by atoms with E-state index in [0.29, 0.717) is 24.5 Å². The first kappa shape index (κ1) is 12.3. The average Bonchev–Trinajstić information content (AvgIpc) is 2.33. The average molecular weight is 219 g/mol. The summed E-state index contributed by atoms with van der Waals surface area (Å²) in [6, 6.07) is 7.20. The van der Waals surface area contributed by atoms with Gasteiger partial charge in [0.2, 0.25) is 0 Å². The molecule has 0 aliphatic heterocycles. The van der Waals surface area contributed by atoms with E-state index in [1.165, 1.54) is 0 Å². The third-order valence-electron chi connectivity index (χ3n) is 2.02. The van der Waals surface area contributed by atoms with E-state index >= 15 is 0 Å². The summed E-state index contributed by atoms with van der Waals surface area (Å²) in [5.74, 6) is 0.498. The summed E-state index contributed by atoms with van der Waals surface area (Å²) >= 11 is 0. The van der Waals surface area contributed by atoms with Gasteiger partial charge in [0.25, 0.3) is 5.91 Å². The predicted molar refractivity (Wildman–Crippen MR) is 64.8 cm³/mol. The van der Waals surface area contributed by atoms with E-state index < -0.39 is 0 Å². The molecule has 1 rings (SSSR count). The van der Waals surface area contributed by atoms with Gasteiger partial charge in [-0.15, -0.1) is 0 Å². The normalized spacial score (nSPS) is 9.56. The Bertz CT molecular complexity index is 361. The molecular formula is C13H17NO2. The Morgan fingerprint density at radius 1 is 1.50 bits per heavy atom. The Hall–Kier alpha value is -1.77. The lowest BCUT2D eigenvalue weighted by Crippen LogP contribution is -2.24. The predicted octanol–water partition coefficient (Wildman–Crippen LogP) is 2.39. The number of hydrogen-bond donors (Lipinski definition) is 1. The van der Waals surface area contributed by atoms with Crippen LogP contribution in [0.2, 0.25) is 0 Å². The Kier molecular flexibility index (Phi) is 5.12. The van der Waals surface area contributed by atoms with Crippen molar-refractivity contribution in [3.63, 3.8) is 0 Å². The van der Waals surface area contributed by atoms with Crippen LogP contribution in [0.3, 0.4) is 0 Å². The molecule has 0 saturated carbocycles. The quantitative estimate of drug-likeness (QED) is 0.746. The minimum absolute atomic E-state index is 0.0958. The molecule has 0 bridgehead atoms. The Morgan fingerprint density at radius 2 is 2.25 bits per heavy atom. The van der Waals surface area contributed by atoms with Crippen LogP contribution < -0.4 is 10.1 Å². The van der Waals surface area contributed by atoms with E-state index in [4.69, 9.17) is 4.74 Å². The molecule has 1 aromatic rings. The molecule has 1 amide bonds. The van der Waals surface area contributed by atoms with E-state index in [1.54, 1.807) is 18.2 Å². The second kappa shape index (κ2) is 6.67. The van der Waals surface area contributed by atoms with Gasteiger partial charge < -0.3 is 10.1 Å². The van der Waals surface area contributed by atoms with Crippen LogP contribution >= 0.6 is 0 Å². The Morgan fingerprint density at radius 3 is 2.94 bits per heavy atom. The van der Waals surface area contributed by atoms with E-state index in [-0.39, 0.29) is 5.91 Å². The molecule has 0 aliphatic rings. The van der Waals surface area contributed by atoms with E-state index in [0.717, 1.165) is 6.42 Å². The fourth-order valence-corrected chi connectivity index (χ4v) is 1.26. The molecule has 0 atom stereocenters. The standard InChI is InChI=1S/C13H17NO2/c1-3-9-14-13(15)11-7-5-6-8-12(11)16-10-4-2/h4-8H,2-3,9-10H2,1H3,(H,14,15). The van der Waals surface area contributed by atoms with Crippen LogP contribution in [0.15, 0.2) is 36.9 Å². The highest BCUT2D eigenvalue weighted by atomic mass is 16.5. The molecule has 0 aliphatic carbocycles. The number of rotatable bonds is 6. The van der Waals surface area contributed by atoms with Crippen LogP contribution in [0.5, 0.6) is 5.75 Å². The van der Waals surface area contributed by atoms with Crippen molar-refractivity contribution in [3.05, 3.63) is 42.5 Å². The van der Waals surface area contributed by atoms with Crippen LogP contribution in [-0.2, 0) is 0 Å². The van der Waals surface area contributed by atoms with E-state index in [9.17, 15) is 4.79 Å². The molecule has 0 radical (unpaired) electrons. The first-order chi connectivity index (χ1) is 7.79.